The number of carbonyl (C=O) groups is 1. The van der Waals surface area contributed by atoms with Crippen molar-refractivity contribution in [3.05, 3.63) is 82.6 Å². The number of rotatable bonds is 22. The van der Waals surface area contributed by atoms with Gasteiger partial charge in [0.15, 0.2) is 0 Å². The van der Waals surface area contributed by atoms with Crippen LogP contribution in [0, 0.1) is 0 Å². The summed E-state index contributed by atoms with van der Waals surface area (Å²) in [6.45, 7) is 1.43. The molecule has 2 fully saturated rings. The zero-order valence-electron chi connectivity index (χ0n) is 31.0. The maximum absolute atomic E-state index is 13.3. The van der Waals surface area contributed by atoms with Gasteiger partial charge in [0.1, 0.15) is 40.0 Å². The number of hydrogen-bond acceptors (Lipinski definition) is 11. The topological polar surface area (TPSA) is 190 Å². The van der Waals surface area contributed by atoms with Gasteiger partial charge in [-0.25, -0.2) is 8.42 Å². The van der Waals surface area contributed by atoms with Gasteiger partial charge in [-0.2, -0.15) is 0 Å². The molecule has 14 heteroatoms. The number of carbonyl (C=O) groups excluding carboxylic acids is 1. The molecule has 0 radical (unpaired) electrons. The highest BCUT2D eigenvalue weighted by atomic mass is 35.5. The highest BCUT2D eigenvalue weighted by Gasteiger charge is 2.46. The fourth-order valence-electron chi connectivity index (χ4n) is 6.75. The Morgan fingerprint density at radius 2 is 1.76 bits per heavy atom. The number of nitrogens with zero attached hydrogens (tertiary/aromatic N) is 2. The van der Waals surface area contributed by atoms with E-state index in [0.29, 0.717) is 24.4 Å². The van der Waals surface area contributed by atoms with Crippen LogP contribution in [0.15, 0.2) is 60.9 Å². The summed E-state index contributed by atoms with van der Waals surface area (Å²) < 4.78 is 29.7. The molecule has 1 amide bonds. The number of nitrogens with one attached hydrogen (secondary N) is 1. The molecule has 3 aromatic rings. The molecule has 1 heterocycles. The first-order chi connectivity index (χ1) is 25.7. The third-order valence-corrected chi connectivity index (χ3v) is 11.8. The molecule has 296 valence electrons. The van der Waals surface area contributed by atoms with E-state index in [0.717, 1.165) is 65.5 Å². The number of pyridine rings is 1. The first kappa shape index (κ1) is 42.0. The molecule has 0 saturated heterocycles. The van der Waals surface area contributed by atoms with Crippen LogP contribution in [0.3, 0.4) is 0 Å². The second kappa shape index (κ2) is 18.7. The number of benzene rings is 2. The van der Waals surface area contributed by atoms with Crippen molar-refractivity contribution in [2.45, 2.75) is 107 Å². The highest BCUT2D eigenvalue weighted by molar-refractivity contribution is 7.90. The minimum atomic E-state index is -3.30. The van der Waals surface area contributed by atoms with Crippen molar-refractivity contribution in [1.82, 2.24) is 15.2 Å². The Balaban J connectivity index is 1.20. The van der Waals surface area contributed by atoms with Gasteiger partial charge in [-0.1, -0.05) is 48.9 Å². The predicted molar refractivity (Wildman–Crippen MR) is 207 cm³/mol. The summed E-state index contributed by atoms with van der Waals surface area (Å²) >= 11 is 6.72. The molecule has 2 aromatic carbocycles. The van der Waals surface area contributed by atoms with Gasteiger partial charge >= 0.3 is 0 Å². The van der Waals surface area contributed by atoms with E-state index in [-0.39, 0.29) is 55.2 Å². The minimum Gasteiger partial charge on any atom is -0.490 e. The molecule has 0 bridgehead atoms. The Labute approximate surface area is 323 Å². The molecule has 0 aliphatic heterocycles. The molecular formula is C40H54ClN3O9S. The van der Waals surface area contributed by atoms with E-state index < -0.39 is 40.9 Å². The predicted octanol–water partition coefficient (Wildman–Crippen LogP) is 3.70. The van der Waals surface area contributed by atoms with Gasteiger partial charge < -0.3 is 40.5 Å². The Kier molecular flexibility index (Phi) is 14.5. The fourth-order valence-corrected chi connectivity index (χ4v) is 7.59. The van der Waals surface area contributed by atoms with Crippen molar-refractivity contribution in [3.8, 4) is 16.9 Å². The number of ether oxygens (including phenoxy) is 1. The lowest BCUT2D eigenvalue weighted by atomic mass is 9.93. The summed E-state index contributed by atoms with van der Waals surface area (Å²) in [6, 6.07) is 16.2. The number of aliphatic hydroxyl groups excluding tert-OH is 5. The van der Waals surface area contributed by atoms with Gasteiger partial charge in [-0.05, 0) is 91.3 Å². The monoisotopic (exact) mass is 787 g/mol. The number of aromatic nitrogens is 1. The van der Waals surface area contributed by atoms with Crippen LogP contribution in [-0.4, -0.2) is 112 Å². The SMILES string of the molecule is CC(CCCC(=O)N(CCCS(C)(=O)=O)C[C@H](O)[C@@H](O)[C@H](O)[C@H](O)CO)c1ccc(Cl)c(CNC2(c3cnccc3-c3ccccc3OC3CC3)CC2)c1. The second-order valence-electron chi connectivity index (χ2n) is 14.9. The minimum absolute atomic E-state index is 0.0141. The zero-order valence-corrected chi connectivity index (χ0v) is 32.6. The van der Waals surface area contributed by atoms with Gasteiger partial charge in [0.2, 0.25) is 5.91 Å². The zero-order chi connectivity index (χ0) is 39.0. The quantitative estimate of drug-likeness (QED) is 0.0872. The van der Waals surface area contributed by atoms with E-state index in [2.05, 4.69) is 35.4 Å². The molecule has 2 saturated carbocycles. The molecule has 5 rings (SSSR count). The first-order valence-corrected chi connectivity index (χ1v) is 21.2. The van der Waals surface area contributed by atoms with Gasteiger partial charge in [0.25, 0.3) is 0 Å². The third kappa shape index (κ3) is 11.5. The summed E-state index contributed by atoms with van der Waals surface area (Å²) in [5.74, 6) is 0.463. The Morgan fingerprint density at radius 3 is 2.44 bits per heavy atom. The third-order valence-electron chi connectivity index (χ3n) is 10.4. The molecule has 6 N–H and O–H groups in total. The van der Waals surface area contributed by atoms with Crippen LogP contribution in [-0.2, 0) is 26.7 Å². The number of amides is 1. The van der Waals surface area contributed by atoms with Crippen molar-refractivity contribution in [2.75, 3.05) is 31.7 Å². The molecule has 2 aliphatic rings. The summed E-state index contributed by atoms with van der Waals surface area (Å²) in [5.41, 5.74) is 5.09. The van der Waals surface area contributed by atoms with E-state index in [9.17, 15) is 33.6 Å². The first-order valence-electron chi connectivity index (χ1n) is 18.7. The highest BCUT2D eigenvalue weighted by Crippen LogP contribution is 2.50. The van der Waals surface area contributed by atoms with Crippen LogP contribution in [0.25, 0.3) is 11.1 Å². The Morgan fingerprint density at radius 1 is 1.04 bits per heavy atom. The van der Waals surface area contributed by atoms with Crippen LogP contribution < -0.4 is 10.1 Å². The average molecular weight is 788 g/mol. The van der Waals surface area contributed by atoms with Gasteiger partial charge in [0.05, 0.1) is 18.5 Å². The van der Waals surface area contributed by atoms with E-state index in [1.54, 1.807) is 0 Å². The standard InChI is InChI=1S/C40H54ClN3O9S/c1-26(7-5-10-37(48)44(19-6-20-54(2,51)52)24-34(46)38(49)39(50)35(47)25-45)27-11-14-33(41)28(21-27)22-43-40(16-17-40)32-23-42-18-15-30(32)31-8-3-4-9-36(31)53-29-12-13-29/h3-4,8-9,11,14-15,18,21,23,26,29,34-35,38-39,43,45-47,49-50H,5-7,10,12-13,16-17,19-20,22,24-25H2,1-2H3/t26?,34-,35+,38+,39+/m0/s1. The van der Waals surface area contributed by atoms with Crippen molar-refractivity contribution >= 4 is 27.3 Å². The second-order valence-corrected chi connectivity index (χ2v) is 17.6. The molecule has 5 atom stereocenters. The molecule has 1 aromatic heterocycles. The van der Waals surface area contributed by atoms with E-state index >= 15 is 0 Å². The fraction of sp³-hybridized carbons (Fsp3) is 0.550. The maximum atomic E-state index is 13.3. The molecule has 12 nitrogen and oxygen atoms in total. The van der Waals surface area contributed by atoms with E-state index in [1.807, 2.05) is 42.7 Å². The molecule has 54 heavy (non-hydrogen) atoms. The number of aliphatic hydroxyl groups is 5. The van der Waals surface area contributed by atoms with Crippen molar-refractivity contribution < 1.29 is 43.5 Å². The van der Waals surface area contributed by atoms with Gasteiger partial charge in [-0.3, -0.25) is 9.78 Å². The van der Waals surface area contributed by atoms with Crippen LogP contribution in [0.1, 0.15) is 80.9 Å². The van der Waals surface area contributed by atoms with Crippen molar-refractivity contribution in [2.24, 2.45) is 0 Å². The summed E-state index contributed by atoms with van der Waals surface area (Å²) in [5, 5.41) is 54.1. The summed E-state index contributed by atoms with van der Waals surface area (Å²) in [6.07, 6.45) is 3.64. The Bertz CT molecular complexity index is 1820. The molecule has 1 unspecified atom stereocenters. The molecule has 0 spiro atoms. The maximum Gasteiger partial charge on any atom is 0.222 e. The number of para-hydroxylation sites is 1. The van der Waals surface area contributed by atoms with Crippen LogP contribution in [0.4, 0.5) is 0 Å². The number of sulfone groups is 1. The summed E-state index contributed by atoms with van der Waals surface area (Å²) in [7, 11) is -3.30. The summed E-state index contributed by atoms with van der Waals surface area (Å²) in [4.78, 5) is 19.1. The lowest BCUT2D eigenvalue weighted by Crippen LogP contribution is -2.50. The normalized spacial score (nSPS) is 18.0. The lowest BCUT2D eigenvalue weighted by Gasteiger charge is -2.30. The smallest absolute Gasteiger partial charge is 0.222 e. The van der Waals surface area contributed by atoms with Crippen LogP contribution in [0.5, 0.6) is 5.75 Å². The van der Waals surface area contributed by atoms with Gasteiger partial charge in [0, 0.05) is 60.8 Å². The van der Waals surface area contributed by atoms with E-state index in [1.165, 1.54) is 4.90 Å². The van der Waals surface area contributed by atoms with Crippen molar-refractivity contribution in [1.29, 1.82) is 0 Å². The largest absolute Gasteiger partial charge is 0.490 e. The number of halogens is 1. The van der Waals surface area contributed by atoms with Crippen LogP contribution >= 0.6 is 11.6 Å². The molecular weight excluding hydrogens is 734 g/mol. The van der Waals surface area contributed by atoms with Gasteiger partial charge in [-0.15, -0.1) is 0 Å². The van der Waals surface area contributed by atoms with Crippen LogP contribution in [0.2, 0.25) is 5.02 Å². The van der Waals surface area contributed by atoms with E-state index in [4.69, 9.17) is 21.4 Å². The average Bonchev–Trinajstić information content (AvgIpc) is 4.10. The lowest BCUT2D eigenvalue weighted by molar-refractivity contribution is -0.139. The molecule has 2 aliphatic carbocycles. The van der Waals surface area contributed by atoms with Crippen molar-refractivity contribution in [3.63, 3.8) is 0 Å². The Hall–Kier alpha value is -3.14. The number of hydrogen-bond donors (Lipinski definition) is 6.